The number of benzene rings is 4. The van der Waals surface area contributed by atoms with Crippen LogP contribution in [-0.4, -0.2) is 42.8 Å². The number of nitrogens with zero attached hydrogens (tertiary/aromatic N) is 1. The molecule has 8 nitrogen and oxygen atoms in total. The summed E-state index contributed by atoms with van der Waals surface area (Å²) in [6.45, 7) is 2.98. The Morgan fingerprint density at radius 1 is 0.930 bits per heavy atom. The van der Waals surface area contributed by atoms with E-state index < -0.39 is 11.6 Å². The summed E-state index contributed by atoms with van der Waals surface area (Å²) in [5.41, 5.74) is 9.36. The molecule has 4 aromatic carbocycles. The minimum Gasteiger partial charge on any atom is -0.497 e. The van der Waals surface area contributed by atoms with Crippen LogP contribution < -0.4 is 20.3 Å². The van der Waals surface area contributed by atoms with Crippen molar-refractivity contribution in [3.63, 3.8) is 0 Å². The van der Waals surface area contributed by atoms with Crippen molar-refractivity contribution in [3.05, 3.63) is 131 Å². The largest absolute Gasteiger partial charge is 0.497 e. The number of rotatable bonds is 13. The van der Waals surface area contributed by atoms with Crippen LogP contribution in [0.4, 0.5) is 0 Å². The van der Waals surface area contributed by atoms with Gasteiger partial charge in [0.05, 0.1) is 13.7 Å². The van der Waals surface area contributed by atoms with Crippen LogP contribution in [0.5, 0.6) is 11.5 Å². The molecule has 0 bridgehead atoms. The van der Waals surface area contributed by atoms with Gasteiger partial charge in [0, 0.05) is 31.6 Å². The topological polar surface area (TPSA) is 101 Å². The Morgan fingerprint density at radius 3 is 2.44 bits per heavy atom. The van der Waals surface area contributed by atoms with E-state index >= 15 is 0 Å². The number of hydrazine groups is 1. The number of aliphatic hydroxyl groups is 1. The number of carbonyl (C=O) groups excluding carboxylic acids is 1. The molecular formula is C35H37N3O5. The number of nitrogens with one attached hydrogen (secondary N) is 2. The molecule has 0 radical (unpaired) electrons. The summed E-state index contributed by atoms with van der Waals surface area (Å²) < 4.78 is 17.8. The van der Waals surface area contributed by atoms with E-state index in [1.807, 2.05) is 104 Å². The predicted molar refractivity (Wildman–Crippen MR) is 166 cm³/mol. The van der Waals surface area contributed by atoms with Gasteiger partial charge in [0.25, 0.3) is 5.91 Å². The lowest BCUT2D eigenvalue weighted by molar-refractivity contribution is -0.130. The van der Waals surface area contributed by atoms with Crippen molar-refractivity contribution in [1.29, 1.82) is 0 Å². The predicted octanol–water partition coefficient (Wildman–Crippen LogP) is 5.09. The SMILES string of the molecule is COc1cccc([C@@H]2OC(c3ccc(OCCCO)cc3)=N[C@]2(Cc2ccccc2)C(=O)NNCc2cccc(C)c2)c1. The smallest absolute Gasteiger partial charge is 0.266 e. The van der Waals surface area contributed by atoms with Crippen LogP contribution >= 0.6 is 0 Å². The third-order valence-electron chi connectivity index (χ3n) is 7.32. The van der Waals surface area contributed by atoms with Crippen LogP contribution in [0.25, 0.3) is 0 Å². The van der Waals surface area contributed by atoms with Crippen molar-refractivity contribution in [2.75, 3.05) is 20.3 Å². The Labute approximate surface area is 252 Å². The van der Waals surface area contributed by atoms with Crippen molar-refractivity contribution in [3.8, 4) is 11.5 Å². The molecule has 0 saturated heterocycles. The summed E-state index contributed by atoms with van der Waals surface area (Å²) in [5, 5.41) is 9.05. The lowest BCUT2D eigenvalue weighted by Crippen LogP contribution is -2.53. The molecular weight excluding hydrogens is 542 g/mol. The number of hydrogen-bond acceptors (Lipinski definition) is 7. The van der Waals surface area contributed by atoms with Gasteiger partial charge in [-0.25, -0.2) is 10.4 Å². The molecule has 1 heterocycles. The molecule has 8 heteroatoms. The van der Waals surface area contributed by atoms with Crippen LogP contribution in [0.1, 0.15) is 40.3 Å². The van der Waals surface area contributed by atoms with Crippen LogP contribution in [0.15, 0.2) is 108 Å². The molecule has 1 amide bonds. The molecule has 5 rings (SSSR count). The van der Waals surface area contributed by atoms with E-state index in [0.29, 0.717) is 43.4 Å². The molecule has 0 fully saturated rings. The zero-order valence-electron chi connectivity index (χ0n) is 24.5. The molecule has 0 unspecified atom stereocenters. The summed E-state index contributed by atoms with van der Waals surface area (Å²) >= 11 is 0. The standard InChI is InChI=1S/C35H37N3O5/c1-25-9-6-12-27(21-25)24-36-38-34(40)35(23-26-10-4-3-5-11-26)32(29-13-7-14-31(22-29)41-2)43-33(37-35)28-15-17-30(18-16-28)42-20-8-19-39/h3-7,9-18,21-22,32,36,39H,8,19-20,23-24H2,1-2H3,(H,38,40)/t32-,35-/m0/s1. The van der Waals surface area contributed by atoms with Gasteiger partial charge < -0.3 is 19.3 Å². The third kappa shape index (κ3) is 7.23. The van der Waals surface area contributed by atoms with E-state index in [1.54, 1.807) is 7.11 Å². The second-order valence-corrected chi connectivity index (χ2v) is 10.5. The quantitative estimate of drug-likeness (QED) is 0.151. The number of hydrogen-bond donors (Lipinski definition) is 3. The molecule has 4 aromatic rings. The maximum Gasteiger partial charge on any atom is 0.266 e. The molecule has 1 aliphatic heterocycles. The Kier molecular flexibility index (Phi) is 9.71. The van der Waals surface area contributed by atoms with Gasteiger partial charge in [-0.15, -0.1) is 0 Å². The normalized spacial score (nSPS) is 17.6. The second kappa shape index (κ2) is 14.0. The number of ether oxygens (including phenoxy) is 3. The highest BCUT2D eigenvalue weighted by Gasteiger charge is 2.53. The fourth-order valence-corrected chi connectivity index (χ4v) is 5.15. The average Bonchev–Trinajstić information content (AvgIpc) is 3.42. The first-order chi connectivity index (χ1) is 21.0. The van der Waals surface area contributed by atoms with E-state index in [4.69, 9.17) is 24.3 Å². The van der Waals surface area contributed by atoms with Gasteiger partial charge in [-0.2, -0.15) is 0 Å². The molecule has 0 aromatic heterocycles. The Morgan fingerprint density at radius 2 is 1.70 bits per heavy atom. The van der Waals surface area contributed by atoms with E-state index in [1.165, 1.54) is 0 Å². The van der Waals surface area contributed by atoms with Gasteiger partial charge in [-0.05, 0) is 60.0 Å². The number of aryl methyl sites for hydroxylation is 1. The lowest BCUT2D eigenvalue weighted by Gasteiger charge is -2.31. The van der Waals surface area contributed by atoms with Crippen molar-refractivity contribution < 1.29 is 24.1 Å². The number of aliphatic hydroxyl groups excluding tert-OH is 1. The van der Waals surface area contributed by atoms with E-state index in [-0.39, 0.29) is 12.5 Å². The zero-order valence-corrected chi connectivity index (χ0v) is 24.5. The zero-order chi connectivity index (χ0) is 30.1. The van der Waals surface area contributed by atoms with Gasteiger partial charge in [0.2, 0.25) is 5.90 Å². The summed E-state index contributed by atoms with van der Waals surface area (Å²) in [6.07, 6.45) is 0.119. The summed E-state index contributed by atoms with van der Waals surface area (Å²) in [6, 6.07) is 32.9. The fourth-order valence-electron chi connectivity index (χ4n) is 5.15. The lowest BCUT2D eigenvalue weighted by atomic mass is 9.82. The molecule has 43 heavy (non-hydrogen) atoms. The molecule has 222 valence electrons. The van der Waals surface area contributed by atoms with Gasteiger partial charge in [-0.3, -0.25) is 10.2 Å². The molecule has 1 aliphatic rings. The van der Waals surface area contributed by atoms with E-state index in [0.717, 1.165) is 27.8 Å². The minimum atomic E-state index is -1.33. The summed E-state index contributed by atoms with van der Waals surface area (Å²) in [5.74, 6) is 1.38. The Hall–Kier alpha value is -4.66. The molecule has 3 N–H and O–H groups in total. The molecule has 0 saturated carbocycles. The van der Waals surface area contributed by atoms with Gasteiger partial charge in [0.15, 0.2) is 11.6 Å². The maximum absolute atomic E-state index is 14.3. The average molecular weight is 580 g/mol. The van der Waals surface area contributed by atoms with Crippen LogP contribution in [0.2, 0.25) is 0 Å². The second-order valence-electron chi connectivity index (χ2n) is 10.5. The monoisotopic (exact) mass is 579 g/mol. The first-order valence-electron chi connectivity index (χ1n) is 14.4. The van der Waals surface area contributed by atoms with E-state index in [2.05, 4.69) is 16.9 Å². The van der Waals surface area contributed by atoms with Crippen LogP contribution in [0.3, 0.4) is 0 Å². The molecule has 0 aliphatic carbocycles. The van der Waals surface area contributed by atoms with Gasteiger partial charge >= 0.3 is 0 Å². The fraction of sp³-hybridized carbons (Fsp3) is 0.257. The Balaban J connectivity index is 1.51. The highest BCUT2D eigenvalue weighted by atomic mass is 16.5. The van der Waals surface area contributed by atoms with Crippen molar-refractivity contribution in [2.45, 2.75) is 38.0 Å². The molecule has 0 spiro atoms. The van der Waals surface area contributed by atoms with E-state index in [9.17, 15) is 4.79 Å². The summed E-state index contributed by atoms with van der Waals surface area (Å²) in [7, 11) is 1.61. The van der Waals surface area contributed by atoms with Crippen molar-refractivity contribution >= 4 is 11.8 Å². The van der Waals surface area contributed by atoms with Crippen LogP contribution in [-0.2, 0) is 22.5 Å². The first kappa shape index (κ1) is 29.8. The third-order valence-corrected chi connectivity index (χ3v) is 7.32. The Bertz CT molecular complexity index is 1540. The number of methoxy groups -OCH3 is 1. The highest BCUT2D eigenvalue weighted by molar-refractivity contribution is 6.01. The minimum absolute atomic E-state index is 0.0692. The van der Waals surface area contributed by atoms with Crippen molar-refractivity contribution in [1.82, 2.24) is 10.9 Å². The number of amides is 1. The highest BCUT2D eigenvalue weighted by Crippen LogP contribution is 2.43. The first-order valence-corrected chi connectivity index (χ1v) is 14.4. The summed E-state index contributed by atoms with van der Waals surface area (Å²) in [4.78, 5) is 19.4. The van der Waals surface area contributed by atoms with Crippen LogP contribution in [0, 0.1) is 6.92 Å². The van der Waals surface area contributed by atoms with Gasteiger partial charge in [-0.1, -0.05) is 72.3 Å². The number of aliphatic imine (C=N–C) groups is 1. The van der Waals surface area contributed by atoms with Crippen molar-refractivity contribution in [2.24, 2.45) is 4.99 Å². The maximum atomic E-state index is 14.3. The number of carbonyl (C=O) groups is 1. The van der Waals surface area contributed by atoms with Gasteiger partial charge in [0.1, 0.15) is 11.5 Å². The molecule has 2 atom stereocenters.